The van der Waals surface area contributed by atoms with Gasteiger partial charge in [0, 0.05) is 19.5 Å². The minimum Gasteiger partial charge on any atom is -0.418 e. The Morgan fingerprint density at radius 3 is 0.552 bits per heavy atom. The average molecular weight is 926 g/mol. The molecule has 16 heteroatoms. The van der Waals surface area contributed by atoms with Crippen molar-refractivity contribution >= 4 is 36.0 Å². The number of benzene rings is 6. The second-order valence-corrected chi connectivity index (χ2v) is 13.2. The molecule has 0 aliphatic rings. The van der Waals surface area contributed by atoms with Gasteiger partial charge in [0.15, 0.2) is 0 Å². The van der Waals surface area contributed by atoms with Crippen molar-refractivity contribution in [3.63, 3.8) is 0 Å². The summed E-state index contributed by atoms with van der Waals surface area (Å²) in [6.07, 6.45) is 0. The van der Waals surface area contributed by atoms with E-state index in [-0.39, 0.29) is 31.0 Å². The van der Waals surface area contributed by atoms with Crippen molar-refractivity contribution in [2.75, 3.05) is 0 Å². The Labute approximate surface area is 352 Å². The number of carbonyl (C=O) groups excluding carboxylic acids is 2. The van der Waals surface area contributed by atoms with Gasteiger partial charge in [-0.05, 0) is 100 Å². The van der Waals surface area contributed by atoms with Crippen LogP contribution in [-0.4, -0.2) is 18.8 Å². The Kier molecular flexibility index (Phi) is 26.2. The van der Waals surface area contributed by atoms with Gasteiger partial charge in [-0.1, -0.05) is 109 Å². The molecule has 6 rings (SSSR count). The molecule has 0 unspecified atom stereocenters. The van der Waals surface area contributed by atoms with Crippen LogP contribution in [0.3, 0.4) is 0 Å². The van der Waals surface area contributed by atoms with Crippen molar-refractivity contribution in [3.05, 3.63) is 182 Å². The first-order chi connectivity index (χ1) is 27.3. The van der Waals surface area contributed by atoms with Crippen LogP contribution < -0.4 is 27.1 Å². The fourth-order valence-corrected chi connectivity index (χ4v) is 5.50. The molecule has 58 heavy (non-hydrogen) atoms. The van der Waals surface area contributed by atoms with Crippen LogP contribution in [0.5, 0.6) is 34.5 Å². The van der Waals surface area contributed by atoms with Crippen molar-refractivity contribution in [2.45, 2.75) is 27.7 Å². The number of para-hydroxylation sites is 6. The van der Waals surface area contributed by atoms with Crippen LogP contribution in [0.2, 0.25) is 0 Å². The Morgan fingerprint density at radius 1 is 0.345 bits per heavy atom. The van der Waals surface area contributed by atoms with Crippen LogP contribution in [0.15, 0.2) is 182 Å². The molecule has 0 spiro atoms. The van der Waals surface area contributed by atoms with E-state index in [1.165, 1.54) is 27.7 Å². The summed E-state index contributed by atoms with van der Waals surface area (Å²) in [6, 6.07) is 57.0. The molecule has 0 N–H and O–H groups in total. The molecule has 0 saturated heterocycles. The van der Waals surface area contributed by atoms with Crippen LogP contribution in [0.25, 0.3) is 0 Å². The van der Waals surface area contributed by atoms with Crippen molar-refractivity contribution in [1.29, 1.82) is 0 Å². The third kappa shape index (κ3) is 28.2. The van der Waals surface area contributed by atoms with E-state index < -0.39 is 24.5 Å². The predicted octanol–water partition coefficient (Wildman–Crippen LogP) is 13.4. The van der Waals surface area contributed by atoms with Crippen LogP contribution >= 0.6 is 17.2 Å². The normalized spacial score (nSPS) is 9.69. The van der Waals surface area contributed by atoms with Crippen molar-refractivity contribution < 1.29 is 73.5 Å². The number of rotatable bonds is 12. The van der Waals surface area contributed by atoms with Gasteiger partial charge in [-0.25, -0.2) is 0 Å². The molecule has 0 saturated carbocycles. The van der Waals surface area contributed by atoms with Gasteiger partial charge in [-0.2, -0.15) is 0 Å². The smallest absolute Gasteiger partial charge is 0.418 e. The van der Waals surface area contributed by atoms with Crippen molar-refractivity contribution in [3.8, 4) is 34.5 Å². The van der Waals surface area contributed by atoms with E-state index in [1.807, 2.05) is 182 Å². The molecule has 0 atom stereocenters. The van der Waals surface area contributed by atoms with E-state index in [2.05, 4.69) is 0 Å². The van der Waals surface area contributed by atoms with E-state index >= 15 is 0 Å². The molecule has 0 aliphatic heterocycles. The molecule has 0 aliphatic carbocycles. The minimum atomic E-state index is -6.00. The molecule has 0 aromatic heterocycles. The standard InChI is InChI=1S/2C18H15O3P.2C3H6O.BF4.Rh/c2*1-4-10-16(11-5-1)19-22(20-17-12-6-2-7-13-17)21-18-14-8-3-9-15-18;2*1-3(2)4;2-1(3,4)5;/h2*1-15H;2*1-2H3;;/q;;;;-1;. The van der Waals surface area contributed by atoms with Crippen molar-refractivity contribution in [1.82, 2.24) is 0 Å². The Morgan fingerprint density at radius 2 is 0.448 bits per heavy atom. The van der Waals surface area contributed by atoms with Gasteiger partial charge in [0.2, 0.25) is 0 Å². The number of Topliss-reactive ketones (excluding diaryl/α,β-unsaturated/α-hetero) is 2. The largest absolute Gasteiger partial charge is 0.673 e. The second kappa shape index (κ2) is 29.9. The topological polar surface area (TPSA) is 89.5 Å². The summed E-state index contributed by atoms with van der Waals surface area (Å²) < 4.78 is 74.1. The van der Waals surface area contributed by atoms with Gasteiger partial charge in [-0.3, -0.25) is 0 Å². The Balaban J connectivity index is 0.000000441. The first kappa shape index (κ1) is 50.7. The predicted molar refractivity (Wildman–Crippen MR) is 219 cm³/mol. The van der Waals surface area contributed by atoms with Gasteiger partial charge in [0.1, 0.15) is 46.1 Å². The molecule has 8 nitrogen and oxygen atoms in total. The number of halogens is 4. The molecule has 0 bridgehead atoms. The first-order valence-electron chi connectivity index (χ1n) is 17.1. The summed E-state index contributed by atoms with van der Waals surface area (Å²) in [7, 11) is -9.18. The van der Waals surface area contributed by atoms with Crippen LogP contribution in [0, 0.1) is 0 Å². The monoisotopic (exact) mass is 926 g/mol. The summed E-state index contributed by atoms with van der Waals surface area (Å²) >= 11 is 0. The molecular weight excluding hydrogens is 884 g/mol. The summed E-state index contributed by atoms with van der Waals surface area (Å²) in [6.45, 7) is 6.11. The van der Waals surface area contributed by atoms with Gasteiger partial charge >= 0.3 is 24.5 Å². The quantitative estimate of drug-likeness (QED) is 0.0681. The number of hydrogen-bond donors (Lipinski definition) is 0. The molecule has 0 fully saturated rings. The summed E-state index contributed by atoms with van der Waals surface area (Å²) in [5.74, 6) is 4.59. The summed E-state index contributed by atoms with van der Waals surface area (Å²) in [5.41, 5.74) is 0. The van der Waals surface area contributed by atoms with Crippen LogP contribution in [0.1, 0.15) is 27.7 Å². The molecule has 309 valence electrons. The third-order valence-corrected chi connectivity index (χ3v) is 7.70. The van der Waals surface area contributed by atoms with Gasteiger partial charge in [0.05, 0.1) is 0 Å². The molecule has 1 radical (unpaired) electrons. The van der Waals surface area contributed by atoms with E-state index in [0.717, 1.165) is 0 Å². The van der Waals surface area contributed by atoms with Crippen LogP contribution in [-0.2, 0) is 29.1 Å². The van der Waals surface area contributed by atoms with E-state index in [0.29, 0.717) is 34.5 Å². The Hall–Kier alpha value is -5.27. The van der Waals surface area contributed by atoms with Gasteiger partial charge < -0.3 is 54.0 Å². The molecule has 6 aromatic rings. The summed E-state index contributed by atoms with van der Waals surface area (Å²) in [4.78, 5) is 18.9. The Bertz CT molecular complexity index is 1580. The average Bonchev–Trinajstić information content (AvgIpc) is 3.16. The number of carbonyl (C=O) groups is 2. The summed E-state index contributed by atoms with van der Waals surface area (Å²) in [5, 5.41) is 0. The molecule has 0 amide bonds. The van der Waals surface area contributed by atoms with Crippen molar-refractivity contribution in [2.24, 2.45) is 0 Å². The molecular formula is C42H42BF4O8P2Rh-. The molecule has 6 aromatic carbocycles. The zero-order chi connectivity index (χ0) is 41.7. The fraction of sp³-hybridized carbons (Fsp3) is 0.0952. The third-order valence-electron chi connectivity index (χ3n) is 5.54. The maximum atomic E-state index is 9.75. The van der Waals surface area contributed by atoms with Crippen LogP contribution in [0.4, 0.5) is 17.3 Å². The molecule has 0 heterocycles. The van der Waals surface area contributed by atoms with E-state index in [1.54, 1.807) is 0 Å². The number of ketones is 2. The fourth-order valence-electron chi connectivity index (χ4n) is 3.52. The maximum absolute atomic E-state index is 9.75. The second-order valence-electron chi connectivity index (χ2n) is 11.2. The zero-order valence-corrected chi connectivity index (χ0v) is 35.3. The van der Waals surface area contributed by atoms with E-state index in [9.17, 15) is 26.9 Å². The maximum Gasteiger partial charge on any atom is 0.673 e. The van der Waals surface area contributed by atoms with E-state index in [4.69, 9.17) is 27.1 Å². The minimum absolute atomic E-state index is 0. The van der Waals surface area contributed by atoms with Gasteiger partial charge in [0.25, 0.3) is 0 Å². The number of hydrogen-bond acceptors (Lipinski definition) is 8. The zero-order valence-electron chi connectivity index (χ0n) is 31.9. The first-order valence-corrected chi connectivity index (χ1v) is 19.3. The van der Waals surface area contributed by atoms with Gasteiger partial charge in [-0.15, -0.1) is 0 Å². The SMILES string of the molecule is CC(C)=O.CC(C)=O.F[B-](F)(F)F.[Rh].c1ccc(OP(Oc2ccccc2)Oc2ccccc2)cc1.c1ccc(OP(Oc2ccccc2)Oc2ccccc2)cc1.